The first-order valence-electron chi connectivity index (χ1n) is 3.51. The minimum Gasteiger partial charge on any atom is -0.412 e. The van der Waals surface area contributed by atoms with Gasteiger partial charge in [-0.15, -0.1) is 24.8 Å². The molecule has 0 fully saturated rings. The van der Waals surface area contributed by atoms with E-state index in [2.05, 4.69) is 26.0 Å². The molecule has 0 amide bonds. The van der Waals surface area contributed by atoms with Gasteiger partial charge in [-0.25, -0.2) is 0 Å². The molecule has 2 nitrogen and oxygen atoms in total. The van der Waals surface area contributed by atoms with Crippen LogP contribution < -0.4 is 5.73 Å². The molecular weight excluding hydrogens is 209 g/mol. The molecule has 0 atom stereocenters. The van der Waals surface area contributed by atoms with Gasteiger partial charge in [0.1, 0.15) is 0 Å². The molecule has 0 unspecified atom stereocenters. The van der Waals surface area contributed by atoms with Crippen LogP contribution in [-0.4, -0.2) is 5.48 Å². The summed E-state index contributed by atoms with van der Waals surface area (Å²) in [5.74, 6) is 0. The van der Waals surface area contributed by atoms with E-state index < -0.39 is 0 Å². The predicted octanol–water partition coefficient (Wildman–Crippen LogP) is 1.78. The summed E-state index contributed by atoms with van der Waals surface area (Å²) in [5.41, 5.74) is 9.42. The number of aryl methyl sites for hydroxylation is 1. The Labute approximate surface area is 91.7 Å². The zero-order valence-electron chi connectivity index (χ0n) is 7.83. The van der Waals surface area contributed by atoms with E-state index in [1.807, 2.05) is 6.07 Å². The Morgan fingerprint density at radius 2 is 1.69 bits per heavy atom. The van der Waals surface area contributed by atoms with Crippen LogP contribution in [0.5, 0.6) is 0 Å². The van der Waals surface area contributed by atoms with Crippen molar-refractivity contribution in [3.63, 3.8) is 0 Å². The second-order valence-electron chi connectivity index (χ2n) is 2.56. The number of nitrogens with two attached hydrogens (primary N) is 1. The van der Waals surface area contributed by atoms with E-state index in [0.717, 1.165) is 0 Å². The first-order valence-corrected chi connectivity index (χ1v) is 3.51. The van der Waals surface area contributed by atoms with Crippen molar-refractivity contribution in [2.45, 2.75) is 20.4 Å². The number of halogens is 2. The molecule has 0 spiro atoms. The highest BCUT2D eigenvalue weighted by Gasteiger charge is 1.95. The smallest absolute Gasteiger partial charge is 0.0180 e. The molecule has 0 radical (unpaired) electrons. The number of benzene rings is 1. The zero-order valence-corrected chi connectivity index (χ0v) is 9.47. The van der Waals surface area contributed by atoms with E-state index in [0.29, 0.717) is 6.54 Å². The Kier molecular flexibility index (Phi) is 11.8. The molecule has 0 aliphatic carbocycles. The molecule has 1 rings (SSSR count). The Hall–Kier alpha value is -0.280. The lowest BCUT2D eigenvalue weighted by molar-refractivity contribution is 0.824. The van der Waals surface area contributed by atoms with E-state index in [4.69, 9.17) is 5.73 Å². The van der Waals surface area contributed by atoms with E-state index in [9.17, 15) is 0 Å². The first kappa shape index (κ1) is 18.5. The van der Waals surface area contributed by atoms with Gasteiger partial charge in [-0.1, -0.05) is 18.2 Å². The minimum atomic E-state index is 0. The molecule has 4 heteroatoms. The molecule has 13 heavy (non-hydrogen) atoms. The van der Waals surface area contributed by atoms with Gasteiger partial charge in [-0.05, 0) is 30.5 Å². The highest BCUT2D eigenvalue weighted by Crippen LogP contribution is 2.10. The fourth-order valence-corrected chi connectivity index (χ4v) is 1.03. The maximum Gasteiger partial charge on any atom is 0.0180 e. The van der Waals surface area contributed by atoms with Crippen LogP contribution in [0.1, 0.15) is 16.7 Å². The number of rotatable bonds is 1. The zero-order chi connectivity index (χ0) is 7.56. The predicted molar refractivity (Wildman–Crippen MR) is 61.9 cm³/mol. The quantitative estimate of drug-likeness (QED) is 0.779. The Bertz CT molecular complexity index is 241. The number of hydrogen-bond donors (Lipinski definition) is 1. The summed E-state index contributed by atoms with van der Waals surface area (Å²) < 4.78 is 0. The monoisotopic (exact) mass is 225 g/mol. The molecular formula is C9H17Cl2NO. The molecule has 0 aromatic heterocycles. The highest BCUT2D eigenvalue weighted by atomic mass is 35.5. The Morgan fingerprint density at radius 3 is 2.08 bits per heavy atom. The third-order valence-corrected chi connectivity index (χ3v) is 1.94. The topological polar surface area (TPSA) is 57.5 Å². The molecule has 1 aromatic rings. The third-order valence-electron chi connectivity index (χ3n) is 1.94. The molecule has 0 bridgehead atoms. The third kappa shape index (κ3) is 4.48. The minimum absolute atomic E-state index is 0. The van der Waals surface area contributed by atoms with Crippen LogP contribution in [0.15, 0.2) is 18.2 Å². The highest BCUT2D eigenvalue weighted by molar-refractivity contribution is 5.85. The maximum atomic E-state index is 5.52. The van der Waals surface area contributed by atoms with Gasteiger partial charge in [-0.3, -0.25) is 0 Å². The van der Waals surface area contributed by atoms with Crippen molar-refractivity contribution in [2.24, 2.45) is 5.73 Å². The van der Waals surface area contributed by atoms with Crippen molar-refractivity contribution in [1.82, 2.24) is 0 Å². The normalized spacial score (nSPS) is 7.62. The van der Waals surface area contributed by atoms with Crippen molar-refractivity contribution in [3.8, 4) is 0 Å². The number of hydrogen-bond acceptors (Lipinski definition) is 1. The second kappa shape index (κ2) is 8.32. The van der Waals surface area contributed by atoms with E-state index in [1.54, 1.807) is 0 Å². The molecule has 0 aliphatic heterocycles. The van der Waals surface area contributed by atoms with E-state index >= 15 is 0 Å². The molecule has 1 aromatic carbocycles. The SMILES string of the molecule is Cc1cccc(CN)c1C.Cl.Cl.O. The molecule has 0 saturated heterocycles. The van der Waals surface area contributed by atoms with Gasteiger partial charge in [0.25, 0.3) is 0 Å². The summed E-state index contributed by atoms with van der Waals surface area (Å²) >= 11 is 0. The molecule has 0 heterocycles. The summed E-state index contributed by atoms with van der Waals surface area (Å²) in [6.45, 7) is 4.86. The van der Waals surface area contributed by atoms with Gasteiger partial charge in [0.05, 0.1) is 0 Å². The van der Waals surface area contributed by atoms with Crippen molar-refractivity contribution >= 4 is 24.8 Å². The van der Waals surface area contributed by atoms with Gasteiger partial charge in [0, 0.05) is 6.54 Å². The van der Waals surface area contributed by atoms with Gasteiger partial charge in [0.2, 0.25) is 0 Å². The van der Waals surface area contributed by atoms with Crippen molar-refractivity contribution < 1.29 is 5.48 Å². The molecule has 4 N–H and O–H groups in total. The van der Waals surface area contributed by atoms with E-state index in [-0.39, 0.29) is 30.3 Å². The van der Waals surface area contributed by atoms with Crippen LogP contribution in [0.2, 0.25) is 0 Å². The van der Waals surface area contributed by atoms with Gasteiger partial charge < -0.3 is 11.2 Å². The van der Waals surface area contributed by atoms with Gasteiger partial charge >= 0.3 is 0 Å². The fraction of sp³-hybridized carbons (Fsp3) is 0.333. The lowest BCUT2D eigenvalue weighted by Gasteiger charge is -2.04. The van der Waals surface area contributed by atoms with Crippen molar-refractivity contribution in [3.05, 3.63) is 34.9 Å². The molecule has 78 valence electrons. The first-order chi connectivity index (χ1) is 4.75. The maximum absolute atomic E-state index is 5.52. The lowest BCUT2D eigenvalue weighted by atomic mass is 10.0. The van der Waals surface area contributed by atoms with Crippen molar-refractivity contribution in [1.29, 1.82) is 0 Å². The van der Waals surface area contributed by atoms with Crippen LogP contribution in [0.3, 0.4) is 0 Å². The summed E-state index contributed by atoms with van der Waals surface area (Å²) in [6.07, 6.45) is 0. The Balaban J connectivity index is -0.000000333. The Morgan fingerprint density at radius 1 is 1.15 bits per heavy atom. The summed E-state index contributed by atoms with van der Waals surface area (Å²) in [6, 6.07) is 6.22. The van der Waals surface area contributed by atoms with Crippen LogP contribution in [0.4, 0.5) is 0 Å². The fourth-order valence-electron chi connectivity index (χ4n) is 1.03. The largest absolute Gasteiger partial charge is 0.412 e. The average molecular weight is 226 g/mol. The molecule has 0 aliphatic rings. The molecule has 0 saturated carbocycles. The van der Waals surface area contributed by atoms with E-state index in [1.165, 1.54) is 16.7 Å². The lowest BCUT2D eigenvalue weighted by Crippen LogP contribution is -1.99. The van der Waals surface area contributed by atoms with Crippen LogP contribution in [-0.2, 0) is 6.54 Å². The summed E-state index contributed by atoms with van der Waals surface area (Å²) in [5, 5.41) is 0. The standard InChI is InChI=1S/C9H13N.2ClH.H2O/c1-7-4-3-5-9(6-10)8(7)2;;;/h3-5H,6,10H2,1-2H3;2*1H;1H2. The second-order valence-corrected chi connectivity index (χ2v) is 2.56. The summed E-state index contributed by atoms with van der Waals surface area (Å²) in [7, 11) is 0. The van der Waals surface area contributed by atoms with Crippen LogP contribution in [0, 0.1) is 13.8 Å². The van der Waals surface area contributed by atoms with Gasteiger partial charge in [0.15, 0.2) is 0 Å². The van der Waals surface area contributed by atoms with Crippen LogP contribution in [0.25, 0.3) is 0 Å². The van der Waals surface area contributed by atoms with Crippen LogP contribution >= 0.6 is 24.8 Å². The van der Waals surface area contributed by atoms with Crippen molar-refractivity contribution in [2.75, 3.05) is 0 Å². The van der Waals surface area contributed by atoms with Gasteiger partial charge in [-0.2, -0.15) is 0 Å². The summed E-state index contributed by atoms with van der Waals surface area (Å²) in [4.78, 5) is 0. The average Bonchev–Trinajstić information content (AvgIpc) is 1.95.